The summed E-state index contributed by atoms with van der Waals surface area (Å²) in [5.41, 5.74) is -0.787. The predicted octanol–water partition coefficient (Wildman–Crippen LogP) is 3.33. The summed E-state index contributed by atoms with van der Waals surface area (Å²) in [4.78, 5) is 35.2. The van der Waals surface area contributed by atoms with E-state index >= 15 is 0 Å². The number of hydrogen-bond acceptors (Lipinski definition) is 7. The van der Waals surface area contributed by atoms with Crippen LogP contribution in [0.3, 0.4) is 0 Å². The molecule has 1 amide bonds. The molecule has 154 valence electrons. The van der Waals surface area contributed by atoms with Gasteiger partial charge in [-0.05, 0) is 32.0 Å². The highest BCUT2D eigenvalue weighted by molar-refractivity contribution is 5.99. The van der Waals surface area contributed by atoms with Crippen LogP contribution in [0.15, 0.2) is 36.4 Å². The Kier molecular flexibility index (Phi) is 7.07. The van der Waals surface area contributed by atoms with Gasteiger partial charge in [-0.25, -0.2) is 9.18 Å². The Morgan fingerprint density at radius 2 is 1.97 bits per heavy atom. The summed E-state index contributed by atoms with van der Waals surface area (Å²) in [6.07, 6.45) is -1.30. The molecule has 0 radical (unpaired) electrons. The molecule has 1 N–H and O–H groups in total. The Labute approximate surface area is 165 Å². The number of nitro benzene ring substituents is 1. The van der Waals surface area contributed by atoms with Gasteiger partial charge in [-0.15, -0.1) is 0 Å². The minimum atomic E-state index is -1.30. The summed E-state index contributed by atoms with van der Waals surface area (Å²) in [6, 6.07) is 7.32. The molecule has 10 heteroatoms. The van der Waals surface area contributed by atoms with E-state index in [9.17, 15) is 24.1 Å². The lowest BCUT2D eigenvalue weighted by Crippen LogP contribution is -2.30. The lowest BCUT2D eigenvalue weighted by molar-refractivity contribution is -0.385. The van der Waals surface area contributed by atoms with Gasteiger partial charge in [0.05, 0.1) is 24.7 Å². The summed E-state index contributed by atoms with van der Waals surface area (Å²) in [7, 11) is 1.30. The SMILES string of the molecule is CCOc1cc(C(=O)O[C@H](C)C(=O)Nc2cccc(F)c2)c([N+](=O)[O-])cc1OC. The molecular weight excluding hydrogens is 387 g/mol. The van der Waals surface area contributed by atoms with Gasteiger partial charge in [0.1, 0.15) is 11.4 Å². The van der Waals surface area contributed by atoms with E-state index in [-0.39, 0.29) is 23.8 Å². The minimum absolute atomic E-state index is 0.0759. The number of anilines is 1. The highest BCUT2D eigenvalue weighted by Crippen LogP contribution is 2.35. The number of nitrogens with one attached hydrogen (secondary N) is 1. The molecular formula is C19H19FN2O7. The molecule has 9 nitrogen and oxygen atoms in total. The first-order valence-corrected chi connectivity index (χ1v) is 8.53. The number of carbonyl (C=O) groups excluding carboxylic acids is 2. The molecule has 0 saturated heterocycles. The van der Waals surface area contributed by atoms with Crippen molar-refractivity contribution in [2.75, 3.05) is 19.0 Å². The summed E-state index contributed by atoms with van der Waals surface area (Å²) in [5.74, 6) is -2.19. The molecule has 0 saturated carbocycles. The summed E-state index contributed by atoms with van der Waals surface area (Å²) in [5, 5.41) is 13.7. The van der Waals surface area contributed by atoms with Gasteiger partial charge in [-0.1, -0.05) is 6.07 Å². The molecule has 0 aliphatic rings. The van der Waals surface area contributed by atoms with Crippen LogP contribution in [0.2, 0.25) is 0 Å². The van der Waals surface area contributed by atoms with E-state index in [1.807, 2.05) is 0 Å². The van der Waals surface area contributed by atoms with Crippen LogP contribution in [-0.2, 0) is 9.53 Å². The first-order valence-electron chi connectivity index (χ1n) is 8.53. The number of esters is 1. The van der Waals surface area contributed by atoms with Gasteiger partial charge >= 0.3 is 5.97 Å². The number of nitro groups is 1. The Hall–Kier alpha value is -3.69. The molecule has 0 heterocycles. The summed E-state index contributed by atoms with van der Waals surface area (Å²) < 4.78 is 28.6. The summed E-state index contributed by atoms with van der Waals surface area (Å²) in [6.45, 7) is 3.21. The third-order valence-corrected chi connectivity index (χ3v) is 3.74. The number of halogens is 1. The molecule has 0 unspecified atom stereocenters. The summed E-state index contributed by atoms with van der Waals surface area (Å²) >= 11 is 0. The van der Waals surface area contributed by atoms with Crippen molar-refractivity contribution in [3.63, 3.8) is 0 Å². The largest absolute Gasteiger partial charge is 0.493 e. The monoisotopic (exact) mass is 406 g/mol. The molecule has 0 aromatic heterocycles. The Bertz CT molecular complexity index is 933. The second-order valence-electron chi connectivity index (χ2n) is 5.76. The van der Waals surface area contributed by atoms with Gasteiger partial charge in [0, 0.05) is 11.8 Å². The van der Waals surface area contributed by atoms with E-state index in [2.05, 4.69) is 5.32 Å². The fourth-order valence-electron chi connectivity index (χ4n) is 2.38. The van der Waals surface area contributed by atoms with Crippen LogP contribution in [0.4, 0.5) is 15.8 Å². The maximum absolute atomic E-state index is 13.2. The Balaban J connectivity index is 2.22. The zero-order chi connectivity index (χ0) is 21.6. The van der Waals surface area contributed by atoms with E-state index in [1.54, 1.807) is 6.92 Å². The minimum Gasteiger partial charge on any atom is -0.493 e. The zero-order valence-corrected chi connectivity index (χ0v) is 15.9. The van der Waals surface area contributed by atoms with E-state index in [0.717, 1.165) is 18.2 Å². The highest BCUT2D eigenvalue weighted by atomic mass is 19.1. The fourth-order valence-corrected chi connectivity index (χ4v) is 2.38. The van der Waals surface area contributed by atoms with Crippen molar-refractivity contribution in [3.8, 4) is 11.5 Å². The van der Waals surface area contributed by atoms with E-state index in [0.29, 0.717) is 0 Å². The number of carbonyl (C=O) groups is 2. The van der Waals surface area contributed by atoms with Gasteiger partial charge < -0.3 is 19.5 Å². The van der Waals surface area contributed by atoms with E-state index in [1.165, 1.54) is 32.2 Å². The van der Waals surface area contributed by atoms with Crippen LogP contribution < -0.4 is 14.8 Å². The first-order chi connectivity index (χ1) is 13.8. The third-order valence-electron chi connectivity index (χ3n) is 3.74. The lowest BCUT2D eigenvalue weighted by Gasteiger charge is -2.15. The van der Waals surface area contributed by atoms with Gasteiger partial charge in [-0.3, -0.25) is 14.9 Å². The number of benzene rings is 2. The molecule has 29 heavy (non-hydrogen) atoms. The smallest absolute Gasteiger partial charge is 0.346 e. The number of rotatable bonds is 8. The predicted molar refractivity (Wildman–Crippen MR) is 101 cm³/mol. The van der Waals surface area contributed by atoms with Crippen molar-refractivity contribution in [3.05, 3.63) is 57.9 Å². The molecule has 0 aliphatic heterocycles. The van der Waals surface area contributed by atoms with Crippen molar-refractivity contribution in [1.29, 1.82) is 0 Å². The molecule has 0 fully saturated rings. The Morgan fingerprint density at radius 3 is 2.55 bits per heavy atom. The topological polar surface area (TPSA) is 117 Å². The van der Waals surface area contributed by atoms with E-state index in [4.69, 9.17) is 14.2 Å². The van der Waals surface area contributed by atoms with Gasteiger partial charge in [0.2, 0.25) is 0 Å². The zero-order valence-electron chi connectivity index (χ0n) is 15.9. The highest BCUT2D eigenvalue weighted by Gasteiger charge is 2.28. The molecule has 2 aromatic rings. The fraction of sp³-hybridized carbons (Fsp3) is 0.263. The maximum atomic E-state index is 13.2. The molecule has 1 atom stereocenters. The van der Waals surface area contributed by atoms with Gasteiger partial charge in [0.25, 0.3) is 11.6 Å². The van der Waals surface area contributed by atoms with Gasteiger partial charge in [0.15, 0.2) is 17.6 Å². The number of ether oxygens (including phenoxy) is 3. The van der Waals surface area contributed by atoms with Crippen LogP contribution in [0.5, 0.6) is 11.5 Å². The van der Waals surface area contributed by atoms with Crippen molar-refractivity contribution in [2.45, 2.75) is 20.0 Å². The van der Waals surface area contributed by atoms with E-state index < -0.39 is 40.0 Å². The molecule has 2 rings (SSSR count). The average Bonchev–Trinajstić information content (AvgIpc) is 2.67. The maximum Gasteiger partial charge on any atom is 0.346 e. The van der Waals surface area contributed by atoms with Crippen molar-refractivity contribution in [1.82, 2.24) is 0 Å². The average molecular weight is 406 g/mol. The van der Waals surface area contributed by atoms with Crippen LogP contribution in [0.1, 0.15) is 24.2 Å². The molecule has 0 spiro atoms. The van der Waals surface area contributed by atoms with Crippen LogP contribution >= 0.6 is 0 Å². The number of amides is 1. The second-order valence-corrected chi connectivity index (χ2v) is 5.76. The van der Waals surface area contributed by atoms with Crippen molar-refractivity contribution < 1.29 is 33.1 Å². The Morgan fingerprint density at radius 1 is 1.24 bits per heavy atom. The number of hydrogen-bond donors (Lipinski definition) is 1. The molecule has 0 aliphatic carbocycles. The standard InChI is InChI=1S/C19H19FN2O7/c1-4-28-17-9-14(15(22(25)26)10-16(17)27-3)19(24)29-11(2)18(23)21-13-7-5-6-12(20)8-13/h5-11H,4H2,1-3H3,(H,21,23)/t11-/m1/s1. The van der Waals surface area contributed by atoms with Gasteiger partial charge in [-0.2, -0.15) is 0 Å². The first kappa shape index (κ1) is 21.6. The molecule has 2 aromatic carbocycles. The van der Waals surface area contributed by atoms with Crippen molar-refractivity contribution in [2.24, 2.45) is 0 Å². The van der Waals surface area contributed by atoms with Crippen LogP contribution in [0.25, 0.3) is 0 Å². The normalized spacial score (nSPS) is 11.3. The lowest BCUT2D eigenvalue weighted by atomic mass is 10.1. The number of methoxy groups -OCH3 is 1. The molecule has 0 bridgehead atoms. The quantitative estimate of drug-likeness (QED) is 0.406. The second kappa shape index (κ2) is 9.49. The van der Waals surface area contributed by atoms with Crippen LogP contribution in [-0.4, -0.2) is 36.6 Å². The van der Waals surface area contributed by atoms with Crippen molar-refractivity contribution >= 4 is 23.3 Å². The number of nitrogens with zero attached hydrogens (tertiary/aromatic N) is 1. The third kappa shape index (κ3) is 5.41. The van der Waals surface area contributed by atoms with Crippen LogP contribution in [0, 0.1) is 15.9 Å².